The first kappa shape index (κ1) is 51.3. The second-order valence-electron chi connectivity index (χ2n) is 6.21. The fraction of sp³-hybridized carbons (Fsp3) is 0.400. The van der Waals surface area contributed by atoms with E-state index in [4.69, 9.17) is 30.6 Å². The van der Waals surface area contributed by atoms with Crippen LogP contribution < -0.4 is 0 Å². The molecular formula is C25H42O15S2. The summed E-state index contributed by atoms with van der Waals surface area (Å²) in [5, 5.41) is 85.0. The van der Waals surface area contributed by atoms with Crippen molar-refractivity contribution < 1.29 is 75.0 Å². The van der Waals surface area contributed by atoms with Gasteiger partial charge in [0.25, 0.3) is 0 Å². The van der Waals surface area contributed by atoms with Crippen LogP contribution in [-0.4, -0.2) is 128 Å². The van der Waals surface area contributed by atoms with Crippen LogP contribution >= 0.6 is 23.5 Å². The third-order valence-electron chi connectivity index (χ3n) is 3.09. The molecular weight excluding hydrogens is 604 g/mol. The number of carboxylic acid groups (broad SMARTS) is 5. The van der Waals surface area contributed by atoms with Crippen molar-refractivity contribution in [3.8, 4) is 0 Å². The minimum Gasteiger partial charge on any atom is -0.478 e. The number of aliphatic hydroxyl groups is 5. The van der Waals surface area contributed by atoms with Crippen LogP contribution in [0.3, 0.4) is 0 Å². The van der Waals surface area contributed by atoms with Crippen molar-refractivity contribution in [2.24, 2.45) is 0 Å². The SMILES string of the molecule is C=CC(=O)O.C=CC(=O)O.C=CC(=O)O.C=CC(=O)O.C=CC(=O)O.CCSC(SCC)[C@H](O)[C@@H](O)[C@H](O)[C@H](O)CO. The minimum atomic E-state index is -1.55. The van der Waals surface area contributed by atoms with E-state index in [1.807, 2.05) is 13.8 Å². The molecule has 0 aliphatic carbocycles. The summed E-state index contributed by atoms with van der Waals surface area (Å²) in [5.74, 6) is -3.35. The number of aliphatic hydroxyl groups excluding tert-OH is 5. The smallest absolute Gasteiger partial charge is 0.327 e. The molecule has 0 spiro atoms. The number of thioether (sulfide) groups is 2. The summed E-state index contributed by atoms with van der Waals surface area (Å²) < 4.78 is -0.263. The molecule has 15 nitrogen and oxygen atoms in total. The monoisotopic (exact) mass is 646 g/mol. The second kappa shape index (κ2) is 37.6. The van der Waals surface area contributed by atoms with E-state index in [0.29, 0.717) is 0 Å². The third kappa shape index (κ3) is 49.5. The molecule has 0 bridgehead atoms. The molecule has 0 aliphatic heterocycles. The first-order chi connectivity index (χ1) is 19.3. The van der Waals surface area contributed by atoms with Gasteiger partial charge in [0.1, 0.15) is 24.4 Å². The minimum absolute atomic E-state index is 0.263. The van der Waals surface area contributed by atoms with Gasteiger partial charge in [-0.3, -0.25) is 0 Å². The van der Waals surface area contributed by atoms with Crippen LogP contribution in [0.5, 0.6) is 0 Å². The maximum absolute atomic E-state index is 9.91. The number of hydrogen-bond donors (Lipinski definition) is 10. The van der Waals surface area contributed by atoms with E-state index in [2.05, 4.69) is 32.9 Å². The Morgan fingerprint density at radius 2 is 0.762 bits per heavy atom. The highest BCUT2D eigenvalue weighted by molar-refractivity contribution is 8.17. The van der Waals surface area contributed by atoms with Crippen molar-refractivity contribution in [2.45, 2.75) is 42.8 Å². The zero-order valence-corrected chi connectivity index (χ0v) is 24.9. The van der Waals surface area contributed by atoms with E-state index in [1.54, 1.807) is 0 Å². The number of carbonyl (C=O) groups is 5. The lowest BCUT2D eigenvalue weighted by Gasteiger charge is -2.30. The van der Waals surface area contributed by atoms with Crippen molar-refractivity contribution in [1.29, 1.82) is 0 Å². The molecule has 0 amide bonds. The highest BCUT2D eigenvalue weighted by Crippen LogP contribution is 2.29. The molecule has 17 heteroatoms. The van der Waals surface area contributed by atoms with Crippen LogP contribution in [0.15, 0.2) is 63.3 Å². The predicted molar refractivity (Wildman–Crippen MR) is 160 cm³/mol. The summed E-state index contributed by atoms with van der Waals surface area (Å²) >= 11 is 2.94. The van der Waals surface area contributed by atoms with Gasteiger partial charge in [0.15, 0.2) is 0 Å². The van der Waals surface area contributed by atoms with Gasteiger partial charge in [0, 0.05) is 30.4 Å². The van der Waals surface area contributed by atoms with E-state index in [9.17, 15) is 44.4 Å². The van der Waals surface area contributed by atoms with Gasteiger partial charge >= 0.3 is 29.8 Å². The molecule has 0 saturated carbocycles. The molecule has 10 N–H and O–H groups in total. The standard InChI is InChI=1S/C10H22O5S2.5C3H4O2/c1-3-16-10(17-4-2)9(15)8(14)7(13)6(12)5-11;5*1-2-3(4)5/h6-15H,3-5H2,1-2H3;5*2H,1H2,(H,4,5)/t6-,7-,8+,9-;;;;;/m1...../s1. The largest absolute Gasteiger partial charge is 0.478 e. The number of carboxylic acids is 5. The first-order valence-corrected chi connectivity index (χ1v) is 13.3. The first-order valence-electron chi connectivity index (χ1n) is 11.2. The Labute approximate surface area is 252 Å². The fourth-order valence-corrected chi connectivity index (χ4v) is 3.85. The molecule has 244 valence electrons. The summed E-state index contributed by atoms with van der Waals surface area (Å²) in [6.07, 6.45) is -1.45. The van der Waals surface area contributed by atoms with Crippen LogP contribution in [-0.2, 0) is 24.0 Å². The summed E-state index contributed by atoms with van der Waals surface area (Å²) in [6, 6.07) is 0. The lowest BCUT2D eigenvalue weighted by molar-refractivity contribution is -0.132. The molecule has 0 radical (unpaired) electrons. The van der Waals surface area contributed by atoms with Crippen LogP contribution in [0.1, 0.15) is 13.8 Å². The Morgan fingerprint density at radius 1 is 0.548 bits per heavy atom. The molecule has 0 aromatic heterocycles. The van der Waals surface area contributed by atoms with E-state index >= 15 is 0 Å². The number of rotatable bonds is 14. The Morgan fingerprint density at radius 3 is 0.905 bits per heavy atom. The highest BCUT2D eigenvalue weighted by Gasteiger charge is 2.34. The molecule has 0 heterocycles. The molecule has 4 atom stereocenters. The van der Waals surface area contributed by atoms with Crippen LogP contribution in [0.25, 0.3) is 0 Å². The van der Waals surface area contributed by atoms with Gasteiger partial charge in [-0.1, -0.05) is 46.7 Å². The maximum atomic E-state index is 9.91. The molecule has 0 fully saturated rings. The Balaban J connectivity index is -0.000000106. The van der Waals surface area contributed by atoms with Gasteiger partial charge in [-0.25, -0.2) is 24.0 Å². The Hall–Kier alpha value is -3.45. The second-order valence-corrected chi connectivity index (χ2v) is 9.35. The van der Waals surface area contributed by atoms with Gasteiger partial charge in [0.2, 0.25) is 0 Å². The Kier molecular flexibility index (Phi) is 45.9. The zero-order valence-electron chi connectivity index (χ0n) is 23.3. The van der Waals surface area contributed by atoms with Crippen molar-refractivity contribution in [3.63, 3.8) is 0 Å². The average Bonchev–Trinajstić information content (AvgIpc) is 2.96. The summed E-state index contributed by atoms with van der Waals surface area (Å²) in [4.78, 5) is 46.2. The van der Waals surface area contributed by atoms with Crippen molar-refractivity contribution in [1.82, 2.24) is 0 Å². The molecule has 0 aromatic carbocycles. The van der Waals surface area contributed by atoms with Crippen molar-refractivity contribution >= 4 is 53.4 Å². The average molecular weight is 647 g/mol. The Bertz CT molecular complexity index is 692. The van der Waals surface area contributed by atoms with E-state index in [0.717, 1.165) is 41.9 Å². The summed E-state index contributed by atoms with van der Waals surface area (Å²) in [7, 11) is 0. The summed E-state index contributed by atoms with van der Waals surface area (Å²) in [5.41, 5.74) is 0. The fourth-order valence-electron chi connectivity index (χ4n) is 1.27. The molecule has 0 aliphatic rings. The normalized spacial score (nSPS) is 11.5. The zero-order chi connectivity index (χ0) is 34.8. The van der Waals surface area contributed by atoms with Gasteiger partial charge in [-0.05, 0) is 11.5 Å². The van der Waals surface area contributed by atoms with Crippen LogP contribution in [0.4, 0.5) is 0 Å². The number of aliphatic carboxylic acids is 5. The maximum Gasteiger partial charge on any atom is 0.327 e. The lowest BCUT2D eigenvalue weighted by Crippen LogP contribution is -2.48. The quantitative estimate of drug-likeness (QED) is 0.0909. The highest BCUT2D eigenvalue weighted by atomic mass is 32.2. The van der Waals surface area contributed by atoms with Crippen LogP contribution in [0, 0.1) is 0 Å². The molecule has 0 saturated heterocycles. The van der Waals surface area contributed by atoms with Crippen LogP contribution in [0.2, 0.25) is 0 Å². The van der Waals surface area contributed by atoms with Gasteiger partial charge in [-0.15, -0.1) is 23.5 Å². The van der Waals surface area contributed by atoms with E-state index < -0.39 is 60.9 Å². The van der Waals surface area contributed by atoms with E-state index in [-0.39, 0.29) is 4.58 Å². The molecule has 0 aromatic rings. The van der Waals surface area contributed by atoms with Crippen molar-refractivity contribution in [3.05, 3.63) is 63.3 Å². The molecule has 42 heavy (non-hydrogen) atoms. The van der Waals surface area contributed by atoms with E-state index in [1.165, 1.54) is 23.5 Å². The third-order valence-corrected chi connectivity index (χ3v) is 5.79. The topological polar surface area (TPSA) is 288 Å². The van der Waals surface area contributed by atoms with Gasteiger partial charge in [-0.2, -0.15) is 0 Å². The summed E-state index contributed by atoms with van der Waals surface area (Å²) in [6.45, 7) is 18.0. The molecule has 0 unspecified atom stereocenters. The molecule has 0 rings (SSSR count). The van der Waals surface area contributed by atoms with Gasteiger partial charge < -0.3 is 51.1 Å². The van der Waals surface area contributed by atoms with Crippen molar-refractivity contribution in [2.75, 3.05) is 18.1 Å². The predicted octanol–water partition coefficient (Wildman–Crippen LogP) is 0.540. The number of hydrogen-bond acceptors (Lipinski definition) is 12. The van der Waals surface area contributed by atoms with Gasteiger partial charge in [0.05, 0.1) is 11.2 Å². The lowest BCUT2D eigenvalue weighted by atomic mass is 10.0.